The molecule has 1 aliphatic carbocycles. The fourth-order valence-corrected chi connectivity index (χ4v) is 2.29. The van der Waals surface area contributed by atoms with Crippen LogP contribution in [-0.2, 0) is 4.79 Å². The molecule has 1 saturated carbocycles. The number of carbonyl (C=O) groups is 1. The predicted molar refractivity (Wildman–Crippen MR) is 67.8 cm³/mol. The standard InChI is InChI=1S/C12H16ClN3O/c13-9-2-5-15-10(6-9)16-11(17)7-12(8-14)3-1-4-12/h2,5-6H,1,3-4,7-8,14H2,(H,15,16,17). The van der Waals surface area contributed by atoms with Crippen molar-refractivity contribution in [1.29, 1.82) is 0 Å². The van der Waals surface area contributed by atoms with Crippen molar-refractivity contribution in [2.75, 3.05) is 11.9 Å². The lowest BCUT2D eigenvalue weighted by atomic mass is 9.66. The van der Waals surface area contributed by atoms with Crippen molar-refractivity contribution in [3.05, 3.63) is 23.4 Å². The van der Waals surface area contributed by atoms with E-state index in [-0.39, 0.29) is 11.3 Å². The first-order valence-corrected chi connectivity index (χ1v) is 6.13. The molecule has 0 atom stereocenters. The predicted octanol–water partition coefficient (Wildman–Crippen LogP) is 2.19. The van der Waals surface area contributed by atoms with E-state index in [1.54, 1.807) is 18.3 Å². The Labute approximate surface area is 106 Å². The highest BCUT2D eigenvalue weighted by molar-refractivity contribution is 6.30. The third-order valence-electron chi connectivity index (χ3n) is 3.37. The molecule has 1 aromatic heterocycles. The monoisotopic (exact) mass is 253 g/mol. The van der Waals surface area contributed by atoms with Gasteiger partial charge in [0.15, 0.2) is 0 Å². The molecule has 3 N–H and O–H groups in total. The zero-order chi connectivity index (χ0) is 12.3. The lowest BCUT2D eigenvalue weighted by Crippen LogP contribution is -2.40. The molecule has 1 aliphatic rings. The van der Waals surface area contributed by atoms with Crippen LogP contribution in [0.15, 0.2) is 18.3 Å². The molecular weight excluding hydrogens is 238 g/mol. The Balaban J connectivity index is 1.93. The molecule has 1 amide bonds. The number of nitrogens with zero attached hydrogens (tertiary/aromatic N) is 1. The highest BCUT2D eigenvalue weighted by Crippen LogP contribution is 2.42. The fraction of sp³-hybridized carbons (Fsp3) is 0.500. The summed E-state index contributed by atoms with van der Waals surface area (Å²) in [6.45, 7) is 0.573. The topological polar surface area (TPSA) is 68.0 Å². The number of amides is 1. The van der Waals surface area contributed by atoms with Crippen LogP contribution < -0.4 is 11.1 Å². The summed E-state index contributed by atoms with van der Waals surface area (Å²) in [5.74, 6) is 0.457. The number of nitrogens with one attached hydrogen (secondary N) is 1. The van der Waals surface area contributed by atoms with Crippen molar-refractivity contribution in [2.24, 2.45) is 11.1 Å². The summed E-state index contributed by atoms with van der Waals surface area (Å²) >= 11 is 5.82. The number of pyridine rings is 1. The number of rotatable bonds is 4. The third kappa shape index (κ3) is 2.96. The minimum absolute atomic E-state index is 0.0165. The Morgan fingerprint density at radius 3 is 2.88 bits per heavy atom. The molecule has 0 spiro atoms. The van der Waals surface area contributed by atoms with E-state index in [1.807, 2.05) is 0 Å². The largest absolute Gasteiger partial charge is 0.330 e. The van der Waals surface area contributed by atoms with Crippen LogP contribution >= 0.6 is 11.6 Å². The summed E-state index contributed by atoms with van der Waals surface area (Å²) in [7, 11) is 0. The molecule has 0 aromatic carbocycles. The molecule has 92 valence electrons. The van der Waals surface area contributed by atoms with E-state index in [4.69, 9.17) is 17.3 Å². The molecule has 0 radical (unpaired) electrons. The summed E-state index contributed by atoms with van der Waals surface area (Å²) in [6.07, 6.45) is 5.29. The number of hydrogen-bond acceptors (Lipinski definition) is 3. The Bertz CT molecular complexity index is 412. The number of halogens is 1. The van der Waals surface area contributed by atoms with Crippen molar-refractivity contribution in [1.82, 2.24) is 4.98 Å². The zero-order valence-electron chi connectivity index (χ0n) is 9.58. The average molecular weight is 254 g/mol. The molecule has 5 heteroatoms. The van der Waals surface area contributed by atoms with Gasteiger partial charge in [0, 0.05) is 17.6 Å². The molecule has 1 heterocycles. The average Bonchev–Trinajstić information content (AvgIpc) is 2.23. The van der Waals surface area contributed by atoms with Crippen molar-refractivity contribution >= 4 is 23.3 Å². The minimum atomic E-state index is -0.0371. The second-order valence-electron chi connectivity index (χ2n) is 4.64. The van der Waals surface area contributed by atoms with Gasteiger partial charge in [-0.05, 0) is 36.9 Å². The van der Waals surface area contributed by atoms with Gasteiger partial charge < -0.3 is 11.1 Å². The minimum Gasteiger partial charge on any atom is -0.330 e. The molecule has 0 bridgehead atoms. The second kappa shape index (κ2) is 5.02. The quantitative estimate of drug-likeness (QED) is 0.864. The van der Waals surface area contributed by atoms with Crippen molar-refractivity contribution < 1.29 is 4.79 Å². The maximum absolute atomic E-state index is 11.8. The van der Waals surface area contributed by atoms with Gasteiger partial charge in [0.05, 0.1) is 0 Å². The molecule has 0 unspecified atom stereocenters. The molecule has 0 saturated heterocycles. The Hall–Kier alpha value is -1.13. The van der Waals surface area contributed by atoms with Crippen LogP contribution in [0.1, 0.15) is 25.7 Å². The summed E-state index contributed by atoms with van der Waals surface area (Å²) in [6, 6.07) is 3.31. The van der Waals surface area contributed by atoms with Gasteiger partial charge in [-0.15, -0.1) is 0 Å². The van der Waals surface area contributed by atoms with Crippen LogP contribution in [-0.4, -0.2) is 17.4 Å². The van der Waals surface area contributed by atoms with E-state index in [0.717, 1.165) is 12.8 Å². The van der Waals surface area contributed by atoms with Gasteiger partial charge in [0.25, 0.3) is 0 Å². The van der Waals surface area contributed by atoms with Crippen LogP contribution in [0.25, 0.3) is 0 Å². The molecule has 4 nitrogen and oxygen atoms in total. The number of anilines is 1. The highest BCUT2D eigenvalue weighted by atomic mass is 35.5. The fourth-order valence-electron chi connectivity index (χ4n) is 2.13. The third-order valence-corrected chi connectivity index (χ3v) is 3.61. The first-order valence-electron chi connectivity index (χ1n) is 5.75. The maximum Gasteiger partial charge on any atom is 0.226 e. The summed E-state index contributed by atoms with van der Waals surface area (Å²) in [5.41, 5.74) is 5.73. The summed E-state index contributed by atoms with van der Waals surface area (Å²) in [4.78, 5) is 15.9. The Morgan fingerprint density at radius 1 is 1.59 bits per heavy atom. The molecular formula is C12H16ClN3O. The lowest BCUT2D eigenvalue weighted by Gasteiger charge is -2.40. The van der Waals surface area contributed by atoms with Crippen LogP contribution in [0.5, 0.6) is 0 Å². The zero-order valence-corrected chi connectivity index (χ0v) is 10.3. The Kier molecular flexibility index (Phi) is 3.64. The second-order valence-corrected chi connectivity index (χ2v) is 5.08. The SMILES string of the molecule is NCC1(CC(=O)Nc2cc(Cl)ccn2)CCC1. The summed E-state index contributed by atoms with van der Waals surface area (Å²) < 4.78 is 0. The van der Waals surface area contributed by atoms with Crippen LogP contribution in [0.3, 0.4) is 0 Å². The van der Waals surface area contributed by atoms with E-state index in [9.17, 15) is 4.79 Å². The summed E-state index contributed by atoms with van der Waals surface area (Å²) in [5, 5.41) is 3.31. The highest BCUT2D eigenvalue weighted by Gasteiger charge is 2.37. The number of hydrogen-bond donors (Lipinski definition) is 2. The van der Waals surface area contributed by atoms with Crippen LogP contribution in [0, 0.1) is 5.41 Å². The molecule has 1 aromatic rings. The maximum atomic E-state index is 11.8. The van der Waals surface area contributed by atoms with E-state index >= 15 is 0 Å². The molecule has 2 rings (SSSR count). The van der Waals surface area contributed by atoms with E-state index < -0.39 is 0 Å². The molecule has 17 heavy (non-hydrogen) atoms. The normalized spacial score (nSPS) is 17.3. The van der Waals surface area contributed by atoms with Crippen LogP contribution in [0.2, 0.25) is 5.02 Å². The van der Waals surface area contributed by atoms with Crippen molar-refractivity contribution in [3.8, 4) is 0 Å². The number of aromatic nitrogens is 1. The van der Waals surface area contributed by atoms with E-state index in [0.29, 0.717) is 23.8 Å². The van der Waals surface area contributed by atoms with Crippen molar-refractivity contribution in [3.63, 3.8) is 0 Å². The van der Waals surface area contributed by atoms with Gasteiger partial charge in [-0.1, -0.05) is 18.0 Å². The molecule has 0 aliphatic heterocycles. The van der Waals surface area contributed by atoms with Gasteiger partial charge in [-0.3, -0.25) is 4.79 Å². The smallest absolute Gasteiger partial charge is 0.226 e. The first-order chi connectivity index (χ1) is 8.13. The molecule has 1 fully saturated rings. The van der Waals surface area contributed by atoms with Crippen LogP contribution in [0.4, 0.5) is 5.82 Å². The number of carbonyl (C=O) groups excluding carboxylic acids is 1. The van der Waals surface area contributed by atoms with E-state index in [2.05, 4.69) is 10.3 Å². The first kappa shape index (κ1) is 12.3. The Morgan fingerprint density at radius 2 is 2.35 bits per heavy atom. The van der Waals surface area contributed by atoms with Gasteiger partial charge in [0.2, 0.25) is 5.91 Å². The van der Waals surface area contributed by atoms with E-state index in [1.165, 1.54) is 6.42 Å². The van der Waals surface area contributed by atoms with Gasteiger partial charge in [0.1, 0.15) is 5.82 Å². The van der Waals surface area contributed by atoms with Gasteiger partial charge in [-0.25, -0.2) is 4.98 Å². The lowest BCUT2D eigenvalue weighted by molar-refractivity contribution is -0.119. The number of nitrogens with two attached hydrogens (primary N) is 1. The van der Waals surface area contributed by atoms with Gasteiger partial charge >= 0.3 is 0 Å². The van der Waals surface area contributed by atoms with Crippen molar-refractivity contribution in [2.45, 2.75) is 25.7 Å². The van der Waals surface area contributed by atoms with Gasteiger partial charge in [-0.2, -0.15) is 0 Å².